The highest BCUT2D eigenvalue weighted by molar-refractivity contribution is 5.27. The Balaban J connectivity index is 1.46. The maximum Gasteiger partial charge on any atom is 0.0863 e. The zero-order valence-corrected chi connectivity index (χ0v) is 22.1. The van der Waals surface area contributed by atoms with E-state index in [4.69, 9.17) is 4.74 Å². The van der Waals surface area contributed by atoms with Gasteiger partial charge in [-0.05, 0) is 93.3 Å². The van der Waals surface area contributed by atoms with Crippen molar-refractivity contribution in [3.05, 3.63) is 47.6 Å². The molecule has 190 valence electrons. The van der Waals surface area contributed by atoms with Gasteiger partial charge < -0.3 is 14.9 Å². The Kier molecular flexibility index (Phi) is 7.96. The first-order valence-electron chi connectivity index (χ1n) is 13.9. The van der Waals surface area contributed by atoms with Crippen molar-refractivity contribution < 1.29 is 14.9 Å². The lowest BCUT2D eigenvalue weighted by Gasteiger charge is -2.47. The molecular weight excluding hydrogens is 420 g/mol. The maximum absolute atomic E-state index is 10.0. The van der Waals surface area contributed by atoms with Gasteiger partial charge in [-0.25, -0.2) is 0 Å². The first-order chi connectivity index (χ1) is 16.2. The van der Waals surface area contributed by atoms with Crippen LogP contribution in [0, 0.1) is 22.7 Å². The molecule has 6 atom stereocenters. The van der Waals surface area contributed by atoms with Gasteiger partial charge in [0.05, 0.1) is 17.8 Å². The summed E-state index contributed by atoms with van der Waals surface area (Å²) in [6.45, 7) is 10.5. The topological polar surface area (TPSA) is 49.7 Å². The van der Waals surface area contributed by atoms with E-state index >= 15 is 0 Å². The highest BCUT2D eigenvalue weighted by Crippen LogP contribution is 2.62. The van der Waals surface area contributed by atoms with Crippen LogP contribution in [0.1, 0.15) is 98.3 Å². The normalized spacial score (nSPS) is 41.8. The second-order valence-corrected chi connectivity index (χ2v) is 12.5. The van der Waals surface area contributed by atoms with Gasteiger partial charge in [-0.2, -0.15) is 0 Å². The molecule has 0 spiro atoms. The number of fused-ring (bicyclic) bond motifs is 1. The molecule has 1 heterocycles. The van der Waals surface area contributed by atoms with Crippen LogP contribution in [-0.2, 0) is 4.74 Å². The number of ether oxygens (including phenoxy) is 1. The first kappa shape index (κ1) is 25.9. The van der Waals surface area contributed by atoms with E-state index < -0.39 is 12.2 Å². The summed E-state index contributed by atoms with van der Waals surface area (Å²) in [5.74, 6) is 1.33. The van der Waals surface area contributed by atoms with E-state index in [2.05, 4.69) is 64.2 Å². The average Bonchev–Trinajstić information content (AvgIpc) is 3.40. The standard InChI is InChI=1S/C31H48O3/c1-5-31(18-9-19-34-31)17-7-6-15-29(2,3)28-14-13-27-24(10-8-16-30(27,28)4)12-11-23-20-25(32)22-26(33)21-23/h6-7,11-12,15,17,25-28,32-33H,5,8-10,13-14,16,18-22H2,1-4H3/b15-6+,17-7+,23-11?,24-12+/t25-,26?,27?,28?,30?,31?/m1/s1. The van der Waals surface area contributed by atoms with Crippen molar-refractivity contribution >= 4 is 0 Å². The number of hydrogen-bond donors (Lipinski definition) is 2. The predicted octanol–water partition coefficient (Wildman–Crippen LogP) is 7.06. The number of rotatable bonds is 6. The highest BCUT2D eigenvalue weighted by Gasteiger charge is 2.53. The minimum absolute atomic E-state index is 0.0408. The summed E-state index contributed by atoms with van der Waals surface area (Å²) >= 11 is 0. The summed E-state index contributed by atoms with van der Waals surface area (Å²) < 4.78 is 6.04. The summed E-state index contributed by atoms with van der Waals surface area (Å²) in [6, 6.07) is 0. The van der Waals surface area contributed by atoms with Gasteiger partial charge in [0.2, 0.25) is 0 Å². The van der Waals surface area contributed by atoms with Crippen molar-refractivity contribution in [1.29, 1.82) is 0 Å². The summed E-state index contributed by atoms with van der Waals surface area (Å²) in [6.07, 6.45) is 24.7. The second kappa shape index (κ2) is 10.4. The van der Waals surface area contributed by atoms with E-state index in [1.165, 1.54) is 44.1 Å². The third-order valence-corrected chi connectivity index (χ3v) is 9.70. The Bertz CT molecular complexity index is 814. The summed E-state index contributed by atoms with van der Waals surface area (Å²) in [5.41, 5.74) is 3.25. The van der Waals surface area contributed by atoms with Crippen molar-refractivity contribution in [2.24, 2.45) is 22.7 Å². The zero-order valence-electron chi connectivity index (χ0n) is 22.1. The van der Waals surface area contributed by atoms with Gasteiger partial charge >= 0.3 is 0 Å². The van der Waals surface area contributed by atoms with Gasteiger partial charge in [0, 0.05) is 6.61 Å². The van der Waals surface area contributed by atoms with Crippen LogP contribution in [0.2, 0.25) is 0 Å². The molecule has 0 aromatic carbocycles. The number of aliphatic hydroxyl groups excluding tert-OH is 2. The fraction of sp³-hybridized carbons (Fsp3) is 0.742. The molecule has 0 bridgehead atoms. The SMILES string of the molecule is CCC1(/C=C/C=C/C(C)(C)C2CCC3/C(=C/C=C4CC(O)C[C@H](O)C4)CCCC32C)CCCO1. The molecule has 3 aliphatic carbocycles. The van der Waals surface area contributed by atoms with Crippen molar-refractivity contribution in [2.75, 3.05) is 6.61 Å². The Morgan fingerprint density at radius 2 is 1.79 bits per heavy atom. The van der Waals surface area contributed by atoms with Crippen LogP contribution < -0.4 is 0 Å². The Labute approximate surface area is 208 Å². The minimum atomic E-state index is -0.394. The van der Waals surface area contributed by atoms with Crippen molar-refractivity contribution in [1.82, 2.24) is 0 Å². The summed E-state index contributed by atoms with van der Waals surface area (Å²) in [5, 5.41) is 20.1. The zero-order chi connectivity index (χ0) is 24.4. The van der Waals surface area contributed by atoms with Gasteiger partial charge in [0.15, 0.2) is 0 Å². The lowest BCUT2D eigenvalue weighted by Crippen LogP contribution is -2.39. The van der Waals surface area contributed by atoms with Crippen LogP contribution in [0.25, 0.3) is 0 Å². The average molecular weight is 469 g/mol. The van der Waals surface area contributed by atoms with E-state index in [9.17, 15) is 10.2 Å². The molecule has 0 amide bonds. The largest absolute Gasteiger partial charge is 0.393 e. The van der Waals surface area contributed by atoms with Gasteiger partial charge in [-0.15, -0.1) is 0 Å². The van der Waals surface area contributed by atoms with Crippen LogP contribution >= 0.6 is 0 Å². The smallest absolute Gasteiger partial charge is 0.0863 e. The Morgan fingerprint density at radius 1 is 1.03 bits per heavy atom. The molecule has 0 radical (unpaired) electrons. The predicted molar refractivity (Wildman–Crippen MR) is 140 cm³/mol. The fourth-order valence-corrected chi connectivity index (χ4v) is 7.89. The lowest BCUT2D eigenvalue weighted by molar-refractivity contribution is 0.0423. The minimum Gasteiger partial charge on any atom is -0.393 e. The first-order valence-corrected chi connectivity index (χ1v) is 13.9. The quantitative estimate of drug-likeness (QED) is 0.410. The van der Waals surface area contributed by atoms with Gasteiger partial charge in [-0.3, -0.25) is 0 Å². The van der Waals surface area contributed by atoms with Crippen molar-refractivity contribution in [3.63, 3.8) is 0 Å². The van der Waals surface area contributed by atoms with Crippen LogP contribution in [-0.4, -0.2) is 34.6 Å². The monoisotopic (exact) mass is 468 g/mol. The molecule has 3 heteroatoms. The van der Waals surface area contributed by atoms with Crippen molar-refractivity contribution in [2.45, 2.75) is 116 Å². The van der Waals surface area contributed by atoms with E-state index in [-0.39, 0.29) is 11.0 Å². The molecule has 4 rings (SSSR count). The lowest BCUT2D eigenvalue weighted by atomic mass is 9.57. The summed E-state index contributed by atoms with van der Waals surface area (Å²) in [7, 11) is 0. The Morgan fingerprint density at radius 3 is 2.47 bits per heavy atom. The molecular formula is C31H48O3. The van der Waals surface area contributed by atoms with E-state index in [1.807, 2.05) is 0 Å². The van der Waals surface area contributed by atoms with Gasteiger partial charge in [-0.1, -0.05) is 75.3 Å². The molecule has 3 saturated carbocycles. The third kappa shape index (κ3) is 5.47. The molecule has 4 aliphatic rings. The van der Waals surface area contributed by atoms with E-state index in [0.29, 0.717) is 36.5 Å². The van der Waals surface area contributed by atoms with Crippen molar-refractivity contribution in [3.8, 4) is 0 Å². The maximum atomic E-state index is 10.0. The highest BCUT2D eigenvalue weighted by atomic mass is 16.5. The number of allylic oxidation sites excluding steroid dienone is 6. The summed E-state index contributed by atoms with van der Waals surface area (Å²) in [4.78, 5) is 0. The van der Waals surface area contributed by atoms with E-state index in [0.717, 1.165) is 19.4 Å². The molecule has 2 N–H and O–H groups in total. The van der Waals surface area contributed by atoms with Crippen LogP contribution in [0.5, 0.6) is 0 Å². The molecule has 0 aromatic rings. The van der Waals surface area contributed by atoms with Crippen LogP contribution in [0.3, 0.4) is 0 Å². The molecule has 1 aliphatic heterocycles. The van der Waals surface area contributed by atoms with E-state index in [1.54, 1.807) is 5.57 Å². The molecule has 4 fully saturated rings. The number of hydrogen-bond acceptors (Lipinski definition) is 3. The third-order valence-electron chi connectivity index (χ3n) is 9.70. The van der Waals surface area contributed by atoms with Crippen LogP contribution in [0.15, 0.2) is 47.6 Å². The fourth-order valence-electron chi connectivity index (χ4n) is 7.89. The van der Waals surface area contributed by atoms with Gasteiger partial charge in [0.1, 0.15) is 0 Å². The van der Waals surface area contributed by atoms with Gasteiger partial charge in [0.25, 0.3) is 0 Å². The second-order valence-electron chi connectivity index (χ2n) is 12.5. The molecule has 0 aromatic heterocycles. The molecule has 3 nitrogen and oxygen atoms in total. The number of aliphatic hydroxyl groups is 2. The van der Waals surface area contributed by atoms with Crippen LogP contribution in [0.4, 0.5) is 0 Å². The Hall–Kier alpha value is -1.16. The molecule has 5 unspecified atom stereocenters. The molecule has 1 saturated heterocycles. The molecule has 34 heavy (non-hydrogen) atoms.